The fraction of sp³-hybridized carbons (Fsp3) is 0.200. The van der Waals surface area contributed by atoms with Crippen LogP contribution in [0, 0.1) is 0 Å². The highest BCUT2D eigenvalue weighted by Crippen LogP contribution is 2.21. The molecule has 3 N–H and O–H groups in total. The van der Waals surface area contributed by atoms with Crippen molar-refractivity contribution in [2.75, 3.05) is 0 Å². The molecule has 0 radical (unpaired) electrons. The smallest absolute Gasteiger partial charge is 0.271 e. The van der Waals surface area contributed by atoms with E-state index in [2.05, 4.69) is 10.3 Å². The number of rotatable bonds is 4. The molecule has 2 rings (SSSR count). The lowest BCUT2D eigenvalue weighted by atomic mass is 10.4. The van der Waals surface area contributed by atoms with Gasteiger partial charge in [0.25, 0.3) is 5.91 Å². The quantitative estimate of drug-likeness (QED) is 0.906. The number of aromatic nitrogens is 1. The van der Waals surface area contributed by atoms with E-state index >= 15 is 0 Å². The van der Waals surface area contributed by atoms with Crippen LogP contribution in [0.4, 0.5) is 0 Å². The van der Waals surface area contributed by atoms with Crippen LogP contribution < -0.4 is 11.1 Å². The van der Waals surface area contributed by atoms with Crippen LogP contribution in [0.15, 0.2) is 17.5 Å². The molecule has 0 atom stereocenters. The Bertz CT molecular complexity index is 523. The molecule has 0 aliphatic heterocycles. The first-order valence-corrected chi connectivity index (χ1v) is 6.93. The van der Waals surface area contributed by atoms with Gasteiger partial charge >= 0.3 is 0 Å². The molecule has 1 amide bonds. The van der Waals surface area contributed by atoms with Crippen molar-refractivity contribution in [3.05, 3.63) is 37.4 Å². The van der Waals surface area contributed by atoms with Crippen molar-refractivity contribution in [3.63, 3.8) is 0 Å². The monoisotopic (exact) mass is 287 g/mol. The number of thiazole rings is 1. The first kappa shape index (κ1) is 12.5. The zero-order chi connectivity index (χ0) is 12.3. The number of amides is 1. The minimum absolute atomic E-state index is 0.189. The van der Waals surface area contributed by atoms with Gasteiger partial charge in [-0.05, 0) is 12.1 Å². The number of carbonyl (C=O) groups is 1. The minimum atomic E-state index is -0.189. The van der Waals surface area contributed by atoms with Crippen LogP contribution in [-0.4, -0.2) is 10.9 Å². The van der Waals surface area contributed by atoms with Gasteiger partial charge in [-0.1, -0.05) is 11.6 Å². The Hall–Kier alpha value is -0.950. The fourth-order valence-corrected chi connectivity index (χ4v) is 2.90. The molecular formula is C10H10ClN3OS2. The van der Waals surface area contributed by atoms with E-state index in [0.29, 0.717) is 23.1 Å². The number of thiophene rings is 1. The van der Waals surface area contributed by atoms with Crippen LogP contribution in [0.1, 0.15) is 20.4 Å². The van der Waals surface area contributed by atoms with E-state index in [1.807, 2.05) is 12.1 Å². The molecule has 2 heterocycles. The maximum Gasteiger partial charge on any atom is 0.271 e. The average molecular weight is 288 g/mol. The largest absolute Gasteiger partial charge is 0.346 e. The maximum absolute atomic E-state index is 11.7. The Morgan fingerprint density at radius 3 is 2.94 bits per heavy atom. The third-order valence-electron chi connectivity index (χ3n) is 2.01. The molecule has 0 fully saturated rings. The molecule has 0 bridgehead atoms. The summed E-state index contributed by atoms with van der Waals surface area (Å²) in [6.07, 6.45) is 0. The van der Waals surface area contributed by atoms with Gasteiger partial charge in [0.05, 0.1) is 10.9 Å². The Labute approximate surface area is 111 Å². The number of nitrogens with one attached hydrogen (secondary N) is 1. The highest BCUT2D eigenvalue weighted by molar-refractivity contribution is 7.16. The molecule has 0 saturated heterocycles. The van der Waals surface area contributed by atoms with Gasteiger partial charge in [0.15, 0.2) is 0 Å². The highest BCUT2D eigenvalue weighted by atomic mass is 35.5. The molecule has 2 aromatic rings. The standard InChI is InChI=1S/C10H10ClN3OS2/c11-8-2-1-6(17-8)4-13-10(15)7-5-16-9(3-12)14-7/h1-2,5H,3-4,12H2,(H,13,15). The summed E-state index contributed by atoms with van der Waals surface area (Å²) in [5.74, 6) is -0.189. The van der Waals surface area contributed by atoms with Crippen molar-refractivity contribution in [2.24, 2.45) is 5.73 Å². The molecular weight excluding hydrogens is 278 g/mol. The third-order valence-corrected chi connectivity index (χ3v) is 4.11. The molecule has 90 valence electrons. The molecule has 0 spiro atoms. The predicted octanol–water partition coefficient (Wildman–Crippen LogP) is 2.25. The number of carbonyl (C=O) groups excluding carboxylic acids is 1. The summed E-state index contributed by atoms with van der Waals surface area (Å²) in [4.78, 5) is 16.8. The minimum Gasteiger partial charge on any atom is -0.346 e. The van der Waals surface area contributed by atoms with Gasteiger partial charge in [0.1, 0.15) is 10.7 Å². The number of nitrogens with zero attached hydrogens (tertiary/aromatic N) is 1. The average Bonchev–Trinajstić information content (AvgIpc) is 2.94. The third kappa shape index (κ3) is 3.26. The van der Waals surface area contributed by atoms with Crippen molar-refractivity contribution in [1.82, 2.24) is 10.3 Å². The zero-order valence-corrected chi connectivity index (χ0v) is 11.2. The number of hydrogen-bond acceptors (Lipinski definition) is 5. The molecule has 0 unspecified atom stereocenters. The molecule has 4 nitrogen and oxygen atoms in total. The van der Waals surface area contributed by atoms with Crippen molar-refractivity contribution in [3.8, 4) is 0 Å². The summed E-state index contributed by atoms with van der Waals surface area (Å²) >= 11 is 8.63. The fourth-order valence-electron chi connectivity index (χ4n) is 1.21. The maximum atomic E-state index is 11.7. The summed E-state index contributed by atoms with van der Waals surface area (Å²) in [5.41, 5.74) is 5.85. The summed E-state index contributed by atoms with van der Waals surface area (Å²) in [6, 6.07) is 3.70. The van der Waals surface area contributed by atoms with E-state index in [1.165, 1.54) is 22.7 Å². The van der Waals surface area contributed by atoms with E-state index < -0.39 is 0 Å². The van der Waals surface area contributed by atoms with Crippen LogP contribution in [0.3, 0.4) is 0 Å². The summed E-state index contributed by atoms with van der Waals surface area (Å²) < 4.78 is 0.716. The summed E-state index contributed by atoms with van der Waals surface area (Å²) in [7, 11) is 0. The van der Waals surface area contributed by atoms with Crippen LogP contribution in [0.25, 0.3) is 0 Å². The molecule has 0 aliphatic rings. The van der Waals surface area contributed by atoms with E-state index in [0.717, 1.165) is 9.88 Å². The molecule has 0 aliphatic carbocycles. The second kappa shape index (κ2) is 5.59. The summed E-state index contributed by atoms with van der Waals surface area (Å²) in [5, 5.41) is 5.25. The molecule has 17 heavy (non-hydrogen) atoms. The number of hydrogen-bond donors (Lipinski definition) is 2. The first-order valence-electron chi connectivity index (χ1n) is 4.86. The van der Waals surface area contributed by atoms with Gasteiger partial charge in [-0.3, -0.25) is 4.79 Å². The predicted molar refractivity (Wildman–Crippen MR) is 70.5 cm³/mol. The van der Waals surface area contributed by atoms with Gasteiger partial charge < -0.3 is 11.1 Å². The summed E-state index contributed by atoms with van der Waals surface area (Å²) in [6.45, 7) is 0.824. The molecule has 7 heteroatoms. The normalized spacial score (nSPS) is 10.5. The Morgan fingerprint density at radius 1 is 1.53 bits per heavy atom. The lowest BCUT2D eigenvalue weighted by Crippen LogP contribution is -2.22. The van der Waals surface area contributed by atoms with Gasteiger partial charge in [-0.15, -0.1) is 22.7 Å². The van der Waals surface area contributed by atoms with Crippen molar-refractivity contribution in [2.45, 2.75) is 13.1 Å². The lowest BCUT2D eigenvalue weighted by Gasteiger charge is -2.00. The zero-order valence-electron chi connectivity index (χ0n) is 8.77. The molecule has 0 saturated carbocycles. The van der Waals surface area contributed by atoms with Gasteiger partial charge in [-0.2, -0.15) is 0 Å². The van der Waals surface area contributed by atoms with Crippen molar-refractivity contribution >= 4 is 40.2 Å². The molecule has 2 aromatic heterocycles. The second-order valence-electron chi connectivity index (χ2n) is 3.22. The second-order valence-corrected chi connectivity index (χ2v) is 5.96. The van der Waals surface area contributed by atoms with Crippen LogP contribution in [0.2, 0.25) is 4.34 Å². The van der Waals surface area contributed by atoms with E-state index in [9.17, 15) is 4.79 Å². The topological polar surface area (TPSA) is 68.0 Å². The molecule has 0 aromatic carbocycles. The van der Waals surface area contributed by atoms with Gasteiger partial charge in [0.2, 0.25) is 0 Å². The van der Waals surface area contributed by atoms with E-state index in [-0.39, 0.29) is 5.91 Å². The van der Waals surface area contributed by atoms with Gasteiger partial charge in [0, 0.05) is 16.8 Å². The van der Waals surface area contributed by atoms with Crippen LogP contribution in [-0.2, 0) is 13.1 Å². The first-order chi connectivity index (χ1) is 8.19. The van der Waals surface area contributed by atoms with E-state index in [4.69, 9.17) is 17.3 Å². The van der Waals surface area contributed by atoms with Crippen LogP contribution in [0.5, 0.6) is 0 Å². The van der Waals surface area contributed by atoms with Gasteiger partial charge in [-0.25, -0.2) is 4.98 Å². The Morgan fingerprint density at radius 2 is 2.35 bits per heavy atom. The van der Waals surface area contributed by atoms with Crippen LogP contribution >= 0.6 is 34.3 Å². The van der Waals surface area contributed by atoms with E-state index in [1.54, 1.807) is 5.38 Å². The highest BCUT2D eigenvalue weighted by Gasteiger charge is 2.10. The number of nitrogens with two attached hydrogens (primary N) is 1. The van der Waals surface area contributed by atoms with Crippen molar-refractivity contribution < 1.29 is 4.79 Å². The SMILES string of the molecule is NCc1nc(C(=O)NCc2ccc(Cl)s2)cs1. The Balaban J connectivity index is 1.93. The van der Waals surface area contributed by atoms with Crippen molar-refractivity contribution in [1.29, 1.82) is 0 Å². The lowest BCUT2D eigenvalue weighted by molar-refractivity contribution is 0.0947. The Kier molecular flexibility index (Phi) is 4.11. The number of halogens is 1.